The Morgan fingerprint density at radius 2 is 2.16 bits per heavy atom. The highest BCUT2D eigenvalue weighted by Crippen LogP contribution is 2.43. The third kappa shape index (κ3) is 6.38. The second-order valence-corrected chi connectivity index (χ2v) is 11.4. The molecule has 3 unspecified atom stereocenters. The number of hydrogen-bond donors (Lipinski definition) is 4. The van der Waals surface area contributed by atoms with Crippen LogP contribution in [0.1, 0.15) is 31.9 Å². The average molecular weight is 546 g/mol. The molecule has 0 amide bonds. The molecule has 198 valence electrons. The third-order valence-corrected chi connectivity index (χ3v) is 8.10. The van der Waals surface area contributed by atoms with Crippen LogP contribution in [0, 0.1) is 11.7 Å². The van der Waals surface area contributed by atoms with Crippen molar-refractivity contribution >= 4 is 60.5 Å². The van der Waals surface area contributed by atoms with E-state index in [1.54, 1.807) is 26.0 Å². The molecular weight excluding hydrogens is 512 g/mol. The number of halogens is 1. The van der Waals surface area contributed by atoms with Crippen LogP contribution in [0.25, 0.3) is 4.91 Å². The number of carbonyl (C=O) groups excluding carboxylic acids is 1. The number of hydrogen-bond acceptors (Lipinski definition) is 9. The number of aliphatic hydroxyl groups is 2. The van der Waals surface area contributed by atoms with Crippen LogP contribution >= 0.6 is 21.0 Å². The first-order chi connectivity index (χ1) is 17.6. The summed E-state index contributed by atoms with van der Waals surface area (Å²) in [6.07, 6.45) is 2.61. The molecule has 0 saturated carbocycles. The minimum Gasteiger partial charge on any atom is -0.395 e. The lowest BCUT2D eigenvalue weighted by molar-refractivity contribution is -0.109. The van der Waals surface area contributed by atoms with Gasteiger partial charge in [-0.05, 0) is 55.5 Å². The average Bonchev–Trinajstić information content (AvgIpc) is 3.24. The summed E-state index contributed by atoms with van der Waals surface area (Å²) in [5, 5.41) is 26.4. The smallest absolute Gasteiger partial charge is 0.177 e. The number of carbonyl (C=O) groups is 1. The summed E-state index contributed by atoms with van der Waals surface area (Å²) in [6.45, 7) is 7.99. The van der Waals surface area contributed by atoms with E-state index < -0.39 is 17.3 Å². The van der Waals surface area contributed by atoms with Crippen molar-refractivity contribution in [3.63, 3.8) is 0 Å². The lowest BCUT2D eigenvalue weighted by Gasteiger charge is -2.24. The highest BCUT2D eigenvalue weighted by atomic mass is 32.2. The summed E-state index contributed by atoms with van der Waals surface area (Å²) in [7, 11) is 2.53. The van der Waals surface area contributed by atoms with Gasteiger partial charge in [-0.1, -0.05) is 24.8 Å². The molecule has 4 rings (SSSR count). The first kappa shape index (κ1) is 27.7. The van der Waals surface area contributed by atoms with Crippen molar-refractivity contribution in [1.29, 1.82) is 0 Å². The minimum atomic E-state index is -1.17. The van der Waals surface area contributed by atoms with Gasteiger partial charge in [-0.3, -0.25) is 4.90 Å². The van der Waals surface area contributed by atoms with Crippen molar-refractivity contribution in [3.05, 3.63) is 47.3 Å². The molecule has 3 atom stereocenters. The zero-order valence-electron chi connectivity index (χ0n) is 21.2. The van der Waals surface area contributed by atoms with E-state index in [2.05, 4.69) is 29.8 Å². The summed E-state index contributed by atoms with van der Waals surface area (Å²) >= 11 is 1.37. The van der Waals surface area contributed by atoms with Crippen molar-refractivity contribution in [2.75, 3.05) is 43.4 Å². The number of thioether (sulfide) groups is 1. The lowest BCUT2D eigenvalue weighted by Crippen LogP contribution is -2.35. The Kier molecular flexibility index (Phi) is 8.66. The number of aliphatic hydroxyl groups excluding tert-OH is 1. The normalized spacial score (nSPS) is 19.2. The van der Waals surface area contributed by atoms with Crippen molar-refractivity contribution in [3.8, 4) is 0 Å². The van der Waals surface area contributed by atoms with Crippen molar-refractivity contribution in [1.82, 2.24) is 9.88 Å². The van der Waals surface area contributed by atoms with Gasteiger partial charge in [0.25, 0.3) is 0 Å². The number of aliphatic imine (C=N–C) groups is 1. The second kappa shape index (κ2) is 11.6. The van der Waals surface area contributed by atoms with Crippen molar-refractivity contribution < 1.29 is 19.4 Å². The minimum absolute atomic E-state index is 0.0934. The van der Waals surface area contributed by atoms with Gasteiger partial charge >= 0.3 is 0 Å². The molecule has 0 radical (unpaired) electrons. The fourth-order valence-corrected chi connectivity index (χ4v) is 6.16. The Bertz CT molecular complexity index is 1210. The largest absolute Gasteiger partial charge is 0.395 e. The standard InChI is InChI=1S/C26H33FN5O3PS/c1-4-32(7-8-33)13-17-12-28-19-5-6-22(30-24(19)29-17)31-25-15(14-34)9-21(37-25)23-18(27)10-16(11-20(23)36)26(2,3)35/h5-6,9-11,14-15,25,28,33,35H,4,7-8,12-13,36H2,1-3H3,(H,30,31). The van der Waals surface area contributed by atoms with E-state index in [1.807, 2.05) is 19.1 Å². The Balaban J connectivity index is 1.52. The molecule has 0 spiro atoms. The highest BCUT2D eigenvalue weighted by Gasteiger charge is 2.32. The number of nitrogens with one attached hydrogen (secondary N) is 2. The van der Waals surface area contributed by atoms with E-state index in [0.29, 0.717) is 52.6 Å². The van der Waals surface area contributed by atoms with Gasteiger partial charge in [0.1, 0.15) is 17.9 Å². The monoisotopic (exact) mass is 545 g/mol. The molecule has 2 aliphatic heterocycles. The SMILES string of the molecule is CCN(CCO)CC1=Nc2nc(NC3SC(c4c(F)cc(C(C)(C)O)cc4P)=CC3C=O)ccc2NC1. The van der Waals surface area contributed by atoms with Crippen molar-refractivity contribution in [2.45, 2.75) is 31.7 Å². The predicted molar refractivity (Wildman–Crippen MR) is 153 cm³/mol. The fraction of sp³-hybridized carbons (Fsp3) is 0.423. The number of benzene rings is 1. The lowest BCUT2D eigenvalue weighted by atomic mass is 9.96. The van der Waals surface area contributed by atoms with E-state index in [1.165, 1.54) is 17.8 Å². The summed E-state index contributed by atoms with van der Waals surface area (Å²) in [6, 6.07) is 6.82. The zero-order chi connectivity index (χ0) is 26.7. The number of fused-ring (bicyclic) bond motifs is 1. The molecule has 0 aliphatic carbocycles. The summed E-state index contributed by atoms with van der Waals surface area (Å²) < 4.78 is 15.1. The van der Waals surface area contributed by atoms with E-state index in [0.717, 1.165) is 24.2 Å². The van der Waals surface area contributed by atoms with Gasteiger partial charge in [-0.25, -0.2) is 14.4 Å². The molecule has 0 saturated heterocycles. The molecule has 8 nitrogen and oxygen atoms in total. The zero-order valence-corrected chi connectivity index (χ0v) is 23.1. The molecule has 2 aromatic rings. The molecule has 0 bridgehead atoms. The number of aldehydes is 1. The van der Waals surface area contributed by atoms with Gasteiger partial charge in [0, 0.05) is 23.6 Å². The molecule has 11 heteroatoms. The van der Waals surface area contributed by atoms with E-state index in [-0.39, 0.29) is 12.0 Å². The van der Waals surface area contributed by atoms with E-state index in [9.17, 15) is 15.0 Å². The van der Waals surface area contributed by atoms with Gasteiger partial charge in [0.15, 0.2) is 5.82 Å². The van der Waals surface area contributed by atoms with Gasteiger partial charge in [-0.15, -0.1) is 9.24 Å². The van der Waals surface area contributed by atoms with Crippen LogP contribution in [-0.2, 0) is 10.4 Å². The van der Waals surface area contributed by atoms with Crippen LogP contribution in [0.2, 0.25) is 0 Å². The maximum absolute atomic E-state index is 15.1. The Morgan fingerprint density at radius 1 is 1.38 bits per heavy atom. The summed E-state index contributed by atoms with van der Waals surface area (Å²) in [5.41, 5.74) is 1.47. The van der Waals surface area contributed by atoms with Crippen molar-refractivity contribution in [2.24, 2.45) is 10.9 Å². The first-order valence-electron chi connectivity index (χ1n) is 12.2. The first-order valence-corrected chi connectivity index (χ1v) is 13.7. The van der Waals surface area contributed by atoms with Gasteiger partial charge in [0.05, 0.1) is 41.4 Å². The Labute approximate surface area is 223 Å². The van der Waals surface area contributed by atoms with Gasteiger partial charge in [-0.2, -0.15) is 0 Å². The van der Waals surface area contributed by atoms with E-state index in [4.69, 9.17) is 4.99 Å². The molecule has 2 aliphatic rings. The predicted octanol–water partition coefficient (Wildman–Crippen LogP) is 3.10. The third-order valence-electron chi connectivity index (χ3n) is 6.36. The number of aromatic nitrogens is 1. The maximum atomic E-state index is 15.1. The van der Waals surface area contributed by atoms with Crippen LogP contribution in [0.4, 0.5) is 21.7 Å². The van der Waals surface area contributed by atoms with Gasteiger partial charge in [0.2, 0.25) is 0 Å². The molecular formula is C26H33FN5O3PS. The van der Waals surface area contributed by atoms with Gasteiger partial charge < -0.3 is 25.6 Å². The fourth-order valence-electron chi connectivity index (χ4n) is 4.26. The summed E-state index contributed by atoms with van der Waals surface area (Å²) in [5.74, 6) is 0.196. The Morgan fingerprint density at radius 3 is 2.81 bits per heavy atom. The molecule has 0 fully saturated rings. The second-order valence-electron chi connectivity index (χ2n) is 9.60. The number of likely N-dealkylation sites (N-methyl/N-ethyl adjacent to an activating group) is 1. The highest BCUT2D eigenvalue weighted by molar-refractivity contribution is 8.09. The molecule has 37 heavy (non-hydrogen) atoms. The van der Waals surface area contributed by atoms with E-state index >= 15 is 4.39 Å². The molecule has 3 heterocycles. The molecule has 1 aromatic carbocycles. The number of pyridine rings is 1. The van der Waals surface area contributed by atoms with Crippen LogP contribution in [-0.4, -0.2) is 70.3 Å². The van der Waals surface area contributed by atoms with Crippen LogP contribution < -0.4 is 15.9 Å². The number of anilines is 2. The number of rotatable bonds is 10. The Hall–Kier alpha value is -2.36. The maximum Gasteiger partial charge on any atom is 0.177 e. The molecule has 4 N–H and O–H groups in total. The number of nitrogens with zero attached hydrogens (tertiary/aromatic N) is 3. The van der Waals surface area contributed by atoms with Crippen LogP contribution in [0.3, 0.4) is 0 Å². The quantitative estimate of drug-likeness (QED) is 0.266. The topological polar surface area (TPSA) is 110 Å². The molecule has 1 aromatic heterocycles. The summed E-state index contributed by atoms with van der Waals surface area (Å²) in [4.78, 5) is 24.0. The van der Waals surface area contributed by atoms with Crippen LogP contribution in [0.5, 0.6) is 0 Å². The van der Waals surface area contributed by atoms with Crippen LogP contribution in [0.15, 0.2) is 35.3 Å².